The predicted octanol–water partition coefficient (Wildman–Crippen LogP) is 6.95. The number of imide groups is 1. The lowest BCUT2D eigenvalue weighted by Crippen LogP contribution is -2.36. The number of nitrogens with zero attached hydrogens (tertiary/aromatic N) is 1. The summed E-state index contributed by atoms with van der Waals surface area (Å²) in [5, 5.41) is 2.92. The molecule has 1 heterocycles. The van der Waals surface area contributed by atoms with Gasteiger partial charge in [0.1, 0.15) is 13.2 Å². The third-order valence-corrected chi connectivity index (χ3v) is 7.32. The Kier molecular flexibility index (Phi) is 9.34. The quantitative estimate of drug-likeness (QED) is 0.208. The number of benzene rings is 3. The van der Waals surface area contributed by atoms with Crippen molar-refractivity contribution in [3.8, 4) is 11.5 Å². The summed E-state index contributed by atoms with van der Waals surface area (Å²) in [7, 11) is 1.54. The van der Waals surface area contributed by atoms with Gasteiger partial charge in [-0.15, -0.1) is 6.58 Å². The third-order valence-electron chi connectivity index (χ3n) is 6.16. The number of hydrogen-bond acceptors (Lipinski definition) is 6. The molecule has 0 atom stereocenters. The Morgan fingerprint density at radius 1 is 1.10 bits per heavy atom. The number of allylic oxidation sites excluding steroid dienone is 1. The standard InChI is InChI=1S/C31H29ClN2O5S/c1-5-6-23-14-22(15-26(38-4)29(23)39-18-21-8-10-24(32)11-9-21)16-27-30(36)34(31(37)40-27)17-28(35)33-25-12-7-19(2)13-20(25)3/h5,7-16H,1,6,17-18H2,2-4H3,(H,33,35)/b27-16-. The molecule has 9 heteroatoms. The maximum Gasteiger partial charge on any atom is 0.294 e. The number of aryl methyl sites for hydroxylation is 2. The van der Waals surface area contributed by atoms with Gasteiger partial charge < -0.3 is 14.8 Å². The van der Waals surface area contributed by atoms with Crippen LogP contribution in [0.5, 0.6) is 11.5 Å². The highest BCUT2D eigenvalue weighted by Gasteiger charge is 2.36. The highest BCUT2D eigenvalue weighted by atomic mass is 35.5. The molecule has 1 N–H and O–H groups in total. The molecule has 40 heavy (non-hydrogen) atoms. The van der Waals surface area contributed by atoms with Gasteiger partial charge in [-0.2, -0.15) is 0 Å². The monoisotopic (exact) mass is 576 g/mol. The first-order chi connectivity index (χ1) is 19.2. The molecule has 0 spiro atoms. The molecule has 7 nitrogen and oxygen atoms in total. The van der Waals surface area contributed by atoms with E-state index in [2.05, 4.69) is 11.9 Å². The molecule has 1 fully saturated rings. The van der Waals surface area contributed by atoms with Crippen LogP contribution in [0.3, 0.4) is 0 Å². The number of ether oxygens (including phenoxy) is 2. The number of halogens is 1. The zero-order chi connectivity index (χ0) is 28.8. The number of amides is 3. The summed E-state index contributed by atoms with van der Waals surface area (Å²) in [6, 6.07) is 16.6. The Morgan fingerprint density at radius 2 is 1.85 bits per heavy atom. The zero-order valence-electron chi connectivity index (χ0n) is 22.5. The first-order valence-electron chi connectivity index (χ1n) is 12.5. The lowest BCUT2D eigenvalue weighted by atomic mass is 10.0. The number of carbonyl (C=O) groups is 3. The van der Waals surface area contributed by atoms with Gasteiger partial charge in [0.15, 0.2) is 11.5 Å². The molecule has 0 radical (unpaired) electrons. The molecule has 3 aromatic rings. The van der Waals surface area contributed by atoms with Gasteiger partial charge in [-0.05, 0) is 85.1 Å². The lowest BCUT2D eigenvalue weighted by molar-refractivity contribution is -0.127. The van der Waals surface area contributed by atoms with Crippen LogP contribution in [-0.2, 0) is 22.6 Å². The van der Waals surface area contributed by atoms with E-state index in [4.69, 9.17) is 21.1 Å². The molecule has 1 aliphatic heterocycles. The van der Waals surface area contributed by atoms with Crippen molar-refractivity contribution in [2.75, 3.05) is 19.0 Å². The van der Waals surface area contributed by atoms with Crippen LogP contribution in [0.25, 0.3) is 6.08 Å². The van der Waals surface area contributed by atoms with Crippen molar-refractivity contribution < 1.29 is 23.9 Å². The molecule has 1 saturated heterocycles. The first kappa shape index (κ1) is 29.0. The van der Waals surface area contributed by atoms with Crippen LogP contribution in [0.2, 0.25) is 5.02 Å². The van der Waals surface area contributed by atoms with E-state index in [9.17, 15) is 14.4 Å². The summed E-state index contributed by atoms with van der Waals surface area (Å²) in [5.41, 5.74) is 5.00. The second-order valence-electron chi connectivity index (χ2n) is 9.25. The minimum absolute atomic E-state index is 0.214. The number of rotatable bonds is 10. The summed E-state index contributed by atoms with van der Waals surface area (Å²) < 4.78 is 11.7. The second kappa shape index (κ2) is 12.9. The number of carbonyl (C=O) groups excluding carboxylic acids is 3. The molecular formula is C31H29ClN2O5S. The Morgan fingerprint density at radius 3 is 2.52 bits per heavy atom. The maximum atomic E-state index is 13.1. The van der Waals surface area contributed by atoms with E-state index in [1.807, 2.05) is 44.2 Å². The molecule has 0 bridgehead atoms. The zero-order valence-corrected chi connectivity index (χ0v) is 24.0. The van der Waals surface area contributed by atoms with Crippen molar-refractivity contribution in [3.05, 3.63) is 105 Å². The number of thioether (sulfide) groups is 1. The number of hydrogen-bond donors (Lipinski definition) is 1. The fraction of sp³-hybridized carbons (Fsp3) is 0.194. The van der Waals surface area contributed by atoms with Crippen molar-refractivity contribution in [2.24, 2.45) is 0 Å². The van der Waals surface area contributed by atoms with Crippen molar-refractivity contribution in [2.45, 2.75) is 26.9 Å². The largest absolute Gasteiger partial charge is 0.493 e. The van der Waals surface area contributed by atoms with Gasteiger partial charge in [0.2, 0.25) is 5.91 Å². The lowest BCUT2D eigenvalue weighted by Gasteiger charge is -2.16. The molecule has 0 aliphatic carbocycles. The fourth-order valence-electron chi connectivity index (χ4n) is 4.20. The van der Waals surface area contributed by atoms with Gasteiger partial charge >= 0.3 is 0 Å². The summed E-state index contributed by atoms with van der Waals surface area (Å²) >= 11 is 6.77. The topological polar surface area (TPSA) is 84.9 Å². The summed E-state index contributed by atoms with van der Waals surface area (Å²) in [6.07, 6.45) is 3.86. The summed E-state index contributed by atoms with van der Waals surface area (Å²) in [5.74, 6) is 0.0584. The fourth-order valence-corrected chi connectivity index (χ4v) is 5.16. The van der Waals surface area contributed by atoms with Gasteiger partial charge in [-0.25, -0.2) is 0 Å². The Balaban J connectivity index is 1.52. The Labute approximate surface area is 242 Å². The normalized spacial score (nSPS) is 14.0. The van der Waals surface area contributed by atoms with Crippen LogP contribution in [0.1, 0.15) is 27.8 Å². The van der Waals surface area contributed by atoms with E-state index in [1.54, 1.807) is 36.4 Å². The average Bonchev–Trinajstić information content (AvgIpc) is 3.17. The minimum atomic E-state index is -0.530. The van der Waals surface area contributed by atoms with Gasteiger partial charge in [-0.3, -0.25) is 19.3 Å². The Hall–Kier alpha value is -4.01. The molecule has 206 valence electrons. The SMILES string of the molecule is C=CCc1cc(/C=C2\SC(=O)N(CC(=O)Nc3ccc(C)cc3C)C2=O)cc(OC)c1OCc1ccc(Cl)cc1. The van der Waals surface area contributed by atoms with Crippen LogP contribution < -0.4 is 14.8 Å². The summed E-state index contributed by atoms with van der Waals surface area (Å²) in [4.78, 5) is 39.5. The molecule has 0 unspecified atom stereocenters. The van der Waals surface area contributed by atoms with Gasteiger partial charge in [0.05, 0.1) is 12.0 Å². The van der Waals surface area contributed by atoms with Crippen molar-refractivity contribution in [1.29, 1.82) is 0 Å². The number of methoxy groups -OCH3 is 1. The summed E-state index contributed by atoms with van der Waals surface area (Å²) in [6.45, 7) is 7.61. The van der Waals surface area contributed by atoms with Gasteiger partial charge in [0.25, 0.3) is 11.1 Å². The number of anilines is 1. The highest BCUT2D eigenvalue weighted by Crippen LogP contribution is 2.37. The van der Waals surface area contributed by atoms with E-state index in [1.165, 1.54) is 7.11 Å². The van der Waals surface area contributed by atoms with Crippen molar-refractivity contribution in [3.63, 3.8) is 0 Å². The van der Waals surface area contributed by atoms with E-state index in [-0.39, 0.29) is 11.4 Å². The van der Waals surface area contributed by atoms with E-state index >= 15 is 0 Å². The van der Waals surface area contributed by atoms with Crippen LogP contribution in [-0.4, -0.2) is 35.6 Å². The molecular weight excluding hydrogens is 548 g/mol. The molecule has 0 saturated carbocycles. The molecule has 3 amide bonds. The number of nitrogens with one attached hydrogen (secondary N) is 1. The minimum Gasteiger partial charge on any atom is -0.493 e. The van der Waals surface area contributed by atoms with Crippen molar-refractivity contribution in [1.82, 2.24) is 4.90 Å². The maximum absolute atomic E-state index is 13.1. The van der Waals surface area contributed by atoms with E-state index < -0.39 is 17.1 Å². The van der Waals surface area contributed by atoms with Crippen molar-refractivity contribution >= 4 is 52.2 Å². The smallest absolute Gasteiger partial charge is 0.294 e. The average molecular weight is 577 g/mol. The first-order valence-corrected chi connectivity index (χ1v) is 13.7. The van der Waals surface area contributed by atoms with Crippen LogP contribution in [0.4, 0.5) is 10.5 Å². The van der Waals surface area contributed by atoms with Crippen LogP contribution in [0, 0.1) is 13.8 Å². The predicted molar refractivity (Wildman–Crippen MR) is 160 cm³/mol. The van der Waals surface area contributed by atoms with Gasteiger partial charge in [-0.1, -0.05) is 47.5 Å². The second-order valence-corrected chi connectivity index (χ2v) is 10.7. The third kappa shape index (κ3) is 6.94. The highest BCUT2D eigenvalue weighted by molar-refractivity contribution is 8.18. The van der Waals surface area contributed by atoms with Crippen LogP contribution in [0.15, 0.2) is 72.2 Å². The van der Waals surface area contributed by atoms with Crippen LogP contribution >= 0.6 is 23.4 Å². The Bertz CT molecular complexity index is 1500. The molecule has 3 aromatic carbocycles. The molecule has 4 rings (SSSR count). The van der Waals surface area contributed by atoms with E-state index in [0.717, 1.165) is 38.9 Å². The van der Waals surface area contributed by atoms with Gasteiger partial charge in [0, 0.05) is 16.3 Å². The molecule has 0 aromatic heterocycles. The van der Waals surface area contributed by atoms with E-state index in [0.29, 0.717) is 40.8 Å². The molecule has 1 aliphatic rings.